The summed E-state index contributed by atoms with van der Waals surface area (Å²) in [6, 6.07) is 14.1. The molecule has 2 aromatic carbocycles. The second kappa shape index (κ2) is 5.92. The number of alkyl halides is 1. The minimum absolute atomic E-state index is 0.533. The molecule has 5 heteroatoms. The molecule has 0 amide bonds. The number of nitrogens with zero attached hydrogens (tertiary/aromatic N) is 2. The van der Waals surface area contributed by atoms with Crippen LogP contribution in [0.25, 0.3) is 16.7 Å². The highest BCUT2D eigenvalue weighted by Crippen LogP contribution is 2.27. The van der Waals surface area contributed by atoms with Crippen LogP contribution in [0.15, 0.2) is 42.5 Å². The van der Waals surface area contributed by atoms with Crippen LogP contribution in [0.2, 0.25) is 5.02 Å². The Kier molecular flexibility index (Phi) is 4.19. The highest BCUT2D eigenvalue weighted by molar-refractivity contribution is 14.1. The van der Waals surface area contributed by atoms with E-state index in [9.17, 15) is 0 Å². The first kappa shape index (κ1) is 14.2. The van der Waals surface area contributed by atoms with E-state index in [1.165, 1.54) is 3.57 Å². The van der Waals surface area contributed by atoms with Gasteiger partial charge in [0.15, 0.2) is 0 Å². The maximum atomic E-state index is 6.25. The quantitative estimate of drug-likeness (QED) is 0.430. The lowest BCUT2D eigenvalue weighted by atomic mass is 10.2. The Morgan fingerprint density at radius 1 is 1.15 bits per heavy atom. The Labute approximate surface area is 140 Å². The van der Waals surface area contributed by atoms with E-state index in [1.54, 1.807) is 0 Å². The summed E-state index contributed by atoms with van der Waals surface area (Å²) in [7, 11) is 0. The Morgan fingerprint density at radius 3 is 2.70 bits per heavy atom. The number of hydrogen-bond acceptors (Lipinski definition) is 1. The zero-order valence-electron chi connectivity index (χ0n) is 10.5. The van der Waals surface area contributed by atoms with Crippen LogP contribution in [0, 0.1) is 3.57 Å². The van der Waals surface area contributed by atoms with Crippen LogP contribution in [-0.4, -0.2) is 15.4 Å². The van der Waals surface area contributed by atoms with Gasteiger partial charge in [-0.3, -0.25) is 4.57 Å². The second-order valence-electron chi connectivity index (χ2n) is 4.39. The van der Waals surface area contributed by atoms with E-state index in [1.807, 2.05) is 24.3 Å². The van der Waals surface area contributed by atoms with E-state index < -0.39 is 0 Å². The third-order valence-corrected chi connectivity index (χ3v) is 4.25. The summed E-state index contributed by atoms with van der Waals surface area (Å²) >= 11 is 14.5. The molecule has 2 nitrogen and oxygen atoms in total. The lowest BCUT2D eigenvalue weighted by Gasteiger charge is -2.09. The van der Waals surface area contributed by atoms with Gasteiger partial charge in [0.2, 0.25) is 0 Å². The number of fused-ring (bicyclic) bond motifs is 1. The minimum Gasteiger partial charge on any atom is -0.296 e. The average molecular weight is 417 g/mol. The second-order valence-corrected chi connectivity index (χ2v) is 6.42. The third-order valence-electron chi connectivity index (χ3n) is 3.09. The van der Waals surface area contributed by atoms with Gasteiger partial charge in [0.1, 0.15) is 11.3 Å². The standard InChI is InChI=1S/C15H11Cl2IN2/c16-8-7-14-19-15-12(17)5-2-6-13(15)20(14)11-4-1-3-10(18)9-11/h1-6,9H,7-8H2. The van der Waals surface area contributed by atoms with Gasteiger partial charge in [-0.05, 0) is 52.9 Å². The molecule has 0 saturated heterocycles. The van der Waals surface area contributed by atoms with Crippen LogP contribution in [0.5, 0.6) is 0 Å². The van der Waals surface area contributed by atoms with Crippen molar-refractivity contribution in [2.24, 2.45) is 0 Å². The van der Waals surface area contributed by atoms with Crippen LogP contribution >= 0.6 is 45.8 Å². The van der Waals surface area contributed by atoms with Gasteiger partial charge in [-0.25, -0.2) is 4.98 Å². The van der Waals surface area contributed by atoms with Crippen LogP contribution in [0.3, 0.4) is 0 Å². The average Bonchev–Trinajstić information content (AvgIpc) is 2.79. The van der Waals surface area contributed by atoms with E-state index in [2.05, 4.69) is 50.3 Å². The van der Waals surface area contributed by atoms with Gasteiger partial charge < -0.3 is 0 Å². The van der Waals surface area contributed by atoms with Crippen molar-refractivity contribution in [3.8, 4) is 5.69 Å². The molecule has 0 atom stereocenters. The van der Waals surface area contributed by atoms with Crippen molar-refractivity contribution in [1.29, 1.82) is 0 Å². The molecule has 3 rings (SSSR count). The van der Waals surface area contributed by atoms with E-state index in [-0.39, 0.29) is 0 Å². The highest BCUT2D eigenvalue weighted by Gasteiger charge is 2.14. The molecule has 0 bridgehead atoms. The van der Waals surface area contributed by atoms with Crippen molar-refractivity contribution in [2.75, 3.05) is 5.88 Å². The number of imidazole rings is 1. The van der Waals surface area contributed by atoms with Gasteiger partial charge in [-0.2, -0.15) is 0 Å². The third kappa shape index (κ3) is 2.54. The van der Waals surface area contributed by atoms with Gasteiger partial charge >= 0.3 is 0 Å². The molecule has 1 heterocycles. The Morgan fingerprint density at radius 2 is 1.95 bits per heavy atom. The molecule has 0 aliphatic carbocycles. The number of rotatable bonds is 3. The van der Waals surface area contributed by atoms with Crippen molar-refractivity contribution in [3.05, 3.63) is 56.9 Å². The fourth-order valence-corrected chi connectivity index (χ4v) is 3.18. The molecule has 20 heavy (non-hydrogen) atoms. The maximum Gasteiger partial charge on any atom is 0.115 e. The molecule has 0 spiro atoms. The molecule has 0 fully saturated rings. The number of aryl methyl sites for hydroxylation is 1. The molecule has 0 aliphatic rings. The monoisotopic (exact) mass is 416 g/mol. The van der Waals surface area contributed by atoms with E-state index >= 15 is 0 Å². The fraction of sp³-hybridized carbons (Fsp3) is 0.133. The summed E-state index contributed by atoms with van der Waals surface area (Å²) < 4.78 is 3.31. The first-order valence-corrected chi connectivity index (χ1v) is 8.17. The Bertz CT molecular complexity index is 768. The van der Waals surface area contributed by atoms with Crippen molar-refractivity contribution in [3.63, 3.8) is 0 Å². The first-order chi connectivity index (χ1) is 9.70. The minimum atomic E-state index is 0.533. The lowest BCUT2D eigenvalue weighted by molar-refractivity contribution is 0.912. The van der Waals surface area contributed by atoms with Crippen LogP contribution < -0.4 is 0 Å². The van der Waals surface area contributed by atoms with Crippen molar-refractivity contribution >= 4 is 56.8 Å². The van der Waals surface area contributed by atoms with Gasteiger partial charge in [0, 0.05) is 21.6 Å². The number of hydrogen-bond donors (Lipinski definition) is 0. The number of para-hydroxylation sites is 1. The zero-order chi connectivity index (χ0) is 14.1. The predicted octanol–water partition coefficient (Wildman–Crippen LogP) is 5.06. The molecule has 0 saturated carbocycles. The first-order valence-electron chi connectivity index (χ1n) is 6.18. The van der Waals surface area contributed by atoms with Crippen molar-refractivity contribution < 1.29 is 0 Å². The van der Waals surface area contributed by atoms with E-state index in [4.69, 9.17) is 23.2 Å². The largest absolute Gasteiger partial charge is 0.296 e. The molecule has 0 aliphatic heterocycles. The lowest BCUT2D eigenvalue weighted by Crippen LogP contribution is -2.02. The zero-order valence-corrected chi connectivity index (χ0v) is 14.2. The smallest absolute Gasteiger partial charge is 0.115 e. The summed E-state index contributed by atoms with van der Waals surface area (Å²) in [5.41, 5.74) is 2.93. The Balaban J connectivity index is 2.32. The number of aromatic nitrogens is 2. The summed E-state index contributed by atoms with van der Waals surface area (Å²) in [6.07, 6.45) is 0.706. The van der Waals surface area contributed by atoms with Crippen LogP contribution in [0.4, 0.5) is 0 Å². The van der Waals surface area contributed by atoms with Gasteiger partial charge in [0.25, 0.3) is 0 Å². The van der Waals surface area contributed by atoms with E-state index in [0.717, 1.165) is 22.5 Å². The van der Waals surface area contributed by atoms with Crippen molar-refractivity contribution in [1.82, 2.24) is 9.55 Å². The van der Waals surface area contributed by atoms with Gasteiger partial charge in [-0.1, -0.05) is 23.7 Å². The summed E-state index contributed by atoms with van der Waals surface area (Å²) in [5.74, 6) is 1.47. The van der Waals surface area contributed by atoms with Gasteiger partial charge in [0.05, 0.1) is 10.5 Å². The van der Waals surface area contributed by atoms with E-state index in [0.29, 0.717) is 17.3 Å². The summed E-state index contributed by atoms with van der Waals surface area (Å²) in [6.45, 7) is 0. The molecule has 0 N–H and O–H groups in total. The molecule has 1 aromatic heterocycles. The van der Waals surface area contributed by atoms with Gasteiger partial charge in [-0.15, -0.1) is 11.6 Å². The Hall–Kier alpha value is -0.780. The molecule has 3 aromatic rings. The summed E-state index contributed by atoms with van der Waals surface area (Å²) in [5, 5.41) is 0.669. The molecule has 0 radical (unpaired) electrons. The van der Waals surface area contributed by atoms with Crippen LogP contribution in [0.1, 0.15) is 5.82 Å². The van der Waals surface area contributed by atoms with Crippen LogP contribution in [-0.2, 0) is 6.42 Å². The molecular weight excluding hydrogens is 406 g/mol. The van der Waals surface area contributed by atoms with Crippen molar-refractivity contribution in [2.45, 2.75) is 6.42 Å². The predicted molar refractivity (Wildman–Crippen MR) is 93.2 cm³/mol. The topological polar surface area (TPSA) is 17.8 Å². The number of halogens is 3. The SMILES string of the molecule is ClCCc1nc2c(Cl)cccc2n1-c1cccc(I)c1. The molecular formula is C15H11Cl2IN2. The summed E-state index contributed by atoms with van der Waals surface area (Å²) in [4.78, 5) is 4.65. The molecule has 0 unspecified atom stereocenters. The maximum absolute atomic E-state index is 6.25. The molecule has 102 valence electrons. The fourth-order valence-electron chi connectivity index (χ4n) is 2.27. The normalized spacial score (nSPS) is 11.2. The highest BCUT2D eigenvalue weighted by atomic mass is 127. The number of benzene rings is 2.